The summed E-state index contributed by atoms with van der Waals surface area (Å²) in [5.74, 6) is 6.67. The third-order valence-electron chi connectivity index (χ3n) is 3.08. The van der Waals surface area contributed by atoms with Crippen LogP contribution in [0.25, 0.3) is 0 Å². The quantitative estimate of drug-likeness (QED) is 0.308. The summed E-state index contributed by atoms with van der Waals surface area (Å²) < 4.78 is 0. The Balaban J connectivity index is 2.26. The topological polar surface area (TPSA) is 38.0 Å². The van der Waals surface area contributed by atoms with Crippen LogP contribution in [0.1, 0.15) is 44.6 Å². The van der Waals surface area contributed by atoms with Crippen molar-refractivity contribution in [3.63, 3.8) is 0 Å². The summed E-state index contributed by atoms with van der Waals surface area (Å²) in [6.45, 7) is 4.37. The van der Waals surface area contributed by atoms with Crippen molar-refractivity contribution in [1.82, 2.24) is 5.43 Å². The molecule has 0 heterocycles. The van der Waals surface area contributed by atoms with Gasteiger partial charge in [-0.2, -0.15) is 0 Å². The molecule has 1 atom stereocenters. The molecule has 0 fully saturated rings. The molecule has 1 unspecified atom stereocenters. The number of rotatable bonds is 9. The molecule has 102 valence electrons. The van der Waals surface area contributed by atoms with Crippen molar-refractivity contribution in [2.75, 3.05) is 5.75 Å². The number of hydrazine groups is 1. The second-order valence-corrected chi connectivity index (χ2v) is 5.93. The van der Waals surface area contributed by atoms with Crippen LogP contribution in [0.15, 0.2) is 29.2 Å². The number of unbranched alkanes of at least 4 members (excludes halogenated alkanes) is 3. The van der Waals surface area contributed by atoms with Gasteiger partial charge in [-0.1, -0.05) is 50.3 Å². The molecule has 1 aromatic carbocycles. The minimum absolute atomic E-state index is 0.423. The van der Waals surface area contributed by atoms with Crippen LogP contribution in [0.3, 0.4) is 0 Å². The highest BCUT2D eigenvalue weighted by Crippen LogP contribution is 2.21. The molecule has 18 heavy (non-hydrogen) atoms. The summed E-state index contributed by atoms with van der Waals surface area (Å²) in [5, 5.41) is 0. The lowest BCUT2D eigenvalue weighted by molar-refractivity contribution is 0.501. The highest BCUT2D eigenvalue weighted by Gasteiger charge is 2.07. The Bertz CT molecular complexity index is 328. The molecule has 2 nitrogen and oxygen atoms in total. The summed E-state index contributed by atoms with van der Waals surface area (Å²) in [4.78, 5) is 1.34. The van der Waals surface area contributed by atoms with E-state index >= 15 is 0 Å². The van der Waals surface area contributed by atoms with Crippen LogP contribution in [0.4, 0.5) is 0 Å². The number of aryl methyl sites for hydroxylation is 1. The van der Waals surface area contributed by atoms with Gasteiger partial charge in [-0.25, -0.2) is 0 Å². The van der Waals surface area contributed by atoms with Crippen molar-refractivity contribution >= 4 is 11.8 Å². The highest BCUT2D eigenvalue weighted by molar-refractivity contribution is 7.99. The molecular formula is C15H26N2S. The second-order valence-electron chi connectivity index (χ2n) is 4.84. The third kappa shape index (κ3) is 6.43. The van der Waals surface area contributed by atoms with Crippen LogP contribution in [-0.2, 0) is 0 Å². The lowest BCUT2D eigenvalue weighted by Gasteiger charge is -2.15. The van der Waals surface area contributed by atoms with E-state index in [9.17, 15) is 0 Å². The van der Waals surface area contributed by atoms with E-state index in [2.05, 4.69) is 43.5 Å². The maximum atomic E-state index is 5.62. The van der Waals surface area contributed by atoms with Crippen LogP contribution in [-0.4, -0.2) is 11.8 Å². The molecule has 0 saturated carbocycles. The van der Waals surface area contributed by atoms with Crippen LogP contribution in [0.5, 0.6) is 0 Å². The molecule has 0 aromatic heterocycles. The predicted molar refractivity (Wildman–Crippen MR) is 81.8 cm³/mol. The second kappa shape index (κ2) is 9.42. The largest absolute Gasteiger partial charge is 0.271 e. The highest BCUT2D eigenvalue weighted by atomic mass is 32.2. The van der Waals surface area contributed by atoms with E-state index in [0.717, 1.165) is 5.75 Å². The van der Waals surface area contributed by atoms with E-state index in [4.69, 9.17) is 5.84 Å². The number of nitrogens with one attached hydrogen (secondary N) is 1. The van der Waals surface area contributed by atoms with Gasteiger partial charge in [-0.05, 0) is 25.5 Å². The Kier molecular flexibility index (Phi) is 8.14. The summed E-state index contributed by atoms with van der Waals surface area (Å²) in [5.41, 5.74) is 4.26. The molecule has 0 spiro atoms. The zero-order chi connectivity index (χ0) is 13.2. The fraction of sp³-hybridized carbons (Fsp3) is 0.600. The lowest BCUT2D eigenvalue weighted by atomic mass is 10.1. The minimum Gasteiger partial charge on any atom is -0.271 e. The van der Waals surface area contributed by atoms with Crippen molar-refractivity contribution in [1.29, 1.82) is 0 Å². The molecule has 0 aliphatic heterocycles. The first-order valence-corrected chi connectivity index (χ1v) is 7.90. The van der Waals surface area contributed by atoms with Crippen molar-refractivity contribution in [2.45, 2.75) is 56.9 Å². The summed E-state index contributed by atoms with van der Waals surface area (Å²) >= 11 is 1.89. The Morgan fingerprint density at radius 3 is 2.78 bits per heavy atom. The van der Waals surface area contributed by atoms with Crippen LogP contribution in [0.2, 0.25) is 0 Å². The molecule has 3 heteroatoms. The summed E-state index contributed by atoms with van der Waals surface area (Å²) in [7, 11) is 0. The first kappa shape index (κ1) is 15.5. The maximum absolute atomic E-state index is 5.62. The van der Waals surface area contributed by atoms with Gasteiger partial charge < -0.3 is 0 Å². The first-order valence-electron chi connectivity index (χ1n) is 6.92. The summed E-state index contributed by atoms with van der Waals surface area (Å²) in [6.07, 6.45) is 6.40. The third-order valence-corrected chi connectivity index (χ3v) is 4.24. The van der Waals surface area contributed by atoms with Gasteiger partial charge in [0, 0.05) is 16.7 Å². The number of hydrogen-bond donors (Lipinski definition) is 2. The van der Waals surface area contributed by atoms with E-state index in [1.54, 1.807) is 0 Å². The zero-order valence-corrected chi connectivity index (χ0v) is 12.4. The molecule has 0 saturated heterocycles. The van der Waals surface area contributed by atoms with Crippen LogP contribution >= 0.6 is 11.8 Å². The van der Waals surface area contributed by atoms with Crippen molar-refractivity contribution in [3.05, 3.63) is 29.8 Å². The molecule has 0 radical (unpaired) electrons. The summed E-state index contributed by atoms with van der Waals surface area (Å²) in [6, 6.07) is 9.07. The monoisotopic (exact) mass is 266 g/mol. The molecule has 0 bridgehead atoms. The van der Waals surface area contributed by atoms with Gasteiger partial charge in [0.15, 0.2) is 0 Å². The number of nitrogens with two attached hydrogens (primary N) is 1. The van der Waals surface area contributed by atoms with E-state index in [-0.39, 0.29) is 0 Å². The molecule has 0 aliphatic carbocycles. The molecule has 3 N–H and O–H groups in total. The zero-order valence-electron chi connectivity index (χ0n) is 11.6. The van der Waals surface area contributed by atoms with Gasteiger partial charge in [0.2, 0.25) is 0 Å². The SMILES string of the molecule is CCCCCCC(CSc1cccc(C)c1)NN. The van der Waals surface area contributed by atoms with Gasteiger partial charge in [-0.15, -0.1) is 11.8 Å². The molecule has 0 aliphatic rings. The maximum Gasteiger partial charge on any atom is 0.0304 e. The Labute approximate surface area is 116 Å². The van der Waals surface area contributed by atoms with E-state index in [1.165, 1.54) is 42.6 Å². The minimum atomic E-state index is 0.423. The predicted octanol–water partition coefficient (Wildman–Crippen LogP) is 3.89. The molecular weight excluding hydrogens is 240 g/mol. The lowest BCUT2D eigenvalue weighted by Crippen LogP contribution is -2.36. The fourth-order valence-electron chi connectivity index (χ4n) is 1.93. The van der Waals surface area contributed by atoms with Gasteiger partial charge in [-0.3, -0.25) is 11.3 Å². The van der Waals surface area contributed by atoms with Gasteiger partial charge in [0.25, 0.3) is 0 Å². The van der Waals surface area contributed by atoms with E-state index in [0.29, 0.717) is 6.04 Å². The van der Waals surface area contributed by atoms with Gasteiger partial charge in [0.1, 0.15) is 0 Å². The normalized spacial score (nSPS) is 12.6. The van der Waals surface area contributed by atoms with Gasteiger partial charge in [0.05, 0.1) is 0 Å². The average molecular weight is 266 g/mol. The standard InChI is InChI=1S/C15H26N2S/c1-3-4-5-6-9-14(17-16)12-18-15-10-7-8-13(2)11-15/h7-8,10-11,14,17H,3-6,9,12,16H2,1-2H3. The fourth-order valence-corrected chi connectivity index (χ4v) is 3.03. The smallest absolute Gasteiger partial charge is 0.0304 e. The molecule has 0 amide bonds. The Morgan fingerprint density at radius 1 is 1.28 bits per heavy atom. The van der Waals surface area contributed by atoms with Crippen molar-refractivity contribution in [3.8, 4) is 0 Å². The van der Waals surface area contributed by atoms with Crippen LogP contribution in [0, 0.1) is 6.92 Å². The molecule has 1 rings (SSSR count). The van der Waals surface area contributed by atoms with E-state index in [1.807, 2.05) is 11.8 Å². The Morgan fingerprint density at radius 2 is 2.11 bits per heavy atom. The van der Waals surface area contributed by atoms with Crippen molar-refractivity contribution < 1.29 is 0 Å². The number of thioether (sulfide) groups is 1. The van der Waals surface area contributed by atoms with Crippen molar-refractivity contribution in [2.24, 2.45) is 5.84 Å². The first-order chi connectivity index (χ1) is 8.76. The molecule has 1 aromatic rings. The number of hydrogen-bond acceptors (Lipinski definition) is 3. The van der Waals surface area contributed by atoms with Gasteiger partial charge >= 0.3 is 0 Å². The van der Waals surface area contributed by atoms with E-state index < -0.39 is 0 Å². The van der Waals surface area contributed by atoms with Crippen LogP contribution < -0.4 is 11.3 Å². The Hall–Kier alpha value is -0.510. The average Bonchev–Trinajstić information content (AvgIpc) is 2.38. The number of benzene rings is 1.